The molecule has 1 aromatic heterocycles. The fourth-order valence-electron chi connectivity index (χ4n) is 1.21. The summed E-state index contributed by atoms with van der Waals surface area (Å²) in [7, 11) is 2.01. The highest BCUT2D eigenvalue weighted by Crippen LogP contribution is 2.22. The molecule has 0 radical (unpaired) electrons. The Morgan fingerprint density at radius 3 is 2.85 bits per heavy atom. The van der Waals surface area contributed by atoms with Gasteiger partial charge in [0, 0.05) is 10.9 Å². The molecule has 1 N–H and O–H groups in total. The van der Waals surface area contributed by atoms with E-state index >= 15 is 0 Å². The molecule has 1 rings (SSSR count). The highest BCUT2D eigenvalue weighted by molar-refractivity contribution is 7.16. The molecule has 0 aliphatic rings. The third kappa shape index (κ3) is 4.12. The molecule has 1 unspecified atom stereocenters. The van der Waals surface area contributed by atoms with E-state index in [2.05, 4.69) is 18.3 Å². The minimum Gasteiger partial charge on any atom is -0.317 e. The summed E-state index contributed by atoms with van der Waals surface area (Å²) in [6.45, 7) is 2.21. The third-order valence-electron chi connectivity index (χ3n) is 2.18. The topological polar surface area (TPSA) is 12.0 Å². The lowest BCUT2D eigenvalue weighted by Gasteiger charge is -2.08. The quantitative estimate of drug-likeness (QED) is 0.798. The van der Waals surface area contributed by atoms with Crippen LogP contribution in [-0.2, 0) is 6.42 Å². The summed E-state index contributed by atoms with van der Waals surface area (Å²) < 4.78 is 0.900. The van der Waals surface area contributed by atoms with Gasteiger partial charge in [-0.1, -0.05) is 11.6 Å². The third-order valence-corrected chi connectivity index (χ3v) is 3.47. The molecular weight excluding hydrogens is 202 g/mol. The largest absolute Gasteiger partial charge is 0.317 e. The smallest absolute Gasteiger partial charge is 0.0931 e. The van der Waals surface area contributed by atoms with Crippen molar-refractivity contribution in [3.63, 3.8) is 0 Å². The Morgan fingerprint density at radius 2 is 2.31 bits per heavy atom. The predicted molar refractivity (Wildman–Crippen MR) is 60.8 cm³/mol. The molecule has 0 aromatic carbocycles. The zero-order valence-corrected chi connectivity index (χ0v) is 9.71. The van der Waals surface area contributed by atoms with Crippen LogP contribution in [0.4, 0.5) is 0 Å². The molecule has 0 saturated carbocycles. The molecule has 0 fully saturated rings. The van der Waals surface area contributed by atoms with Gasteiger partial charge >= 0.3 is 0 Å². The van der Waals surface area contributed by atoms with Gasteiger partial charge < -0.3 is 5.32 Å². The summed E-state index contributed by atoms with van der Waals surface area (Å²) in [4.78, 5) is 1.40. The lowest BCUT2D eigenvalue weighted by Crippen LogP contribution is -2.20. The van der Waals surface area contributed by atoms with Crippen molar-refractivity contribution in [1.29, 1.82) is 0 Å². The van der Waals surface area contributed by atoms with Crippen molar-refractivity contribution in [3.8, 4) is 0 Å². The Morgan fingerprint density at radius 1 is 1.54 bits per heavy atom. The van der Waals surface area contributed by atoms with E-state index in [9.17, 15) is 0 Å². The molecule has 0 amide bonds. The first-order valence-corrected chi connectivity index (χ1v) is 5.83. The van der Waals surface area contributed by atoms with Crippen LogP contribution in [0.1, 0.15) is 24.6 Å². The maximum Gasteiger partial charge on any atom is 0.0931 e. The molecule has 0 aliphatic heterocycles. The number of hydrogen-bond acceptors (Lipinski definition) is 2. The van der Waals surface area contributed by atoms with Gasteiger partial charge in [-0.15, -0.1) is 11.3 Å². The van der Waals surface area contributed by atoms with Crippen molar-refractivity contribution in [2.24, 2.45) is 0 Å². The summed E-state index contributed by atoms with van der Waals surface area (Å²) in [5.41, 5.74) is 0. The van der Waals surface area contributed by atoms with Crippen LogP contribution in [0.15, 0.2) is 12.1 Å². The summed E-state index contributed by atoms with van der Waals surface area (Å²) in [5, 5.41) is 3.23. The first-order chi connectivity index (χ1) is 6.22. The van der Waals surface area contributed by atoms with E-state index in [1.54, 1.807) is 11.3 Å². The molecule has 3 heteroatoms. The zero-order chi connectivity index (χ0) is 9.68. The van der Waals surface area contributed by atoms with Gasteiger partial charge in [0.15, 0.2) is 0 Å². The highest BCUT2D eigenvalue weighted by atomic mass is 35.5. The van der Waals surface area contributed by atoms with Gasteiger partial charge in [-0.2, -0.15) is 0 Å². The van der Waals surface area contributed by atoms with Crippen LogP contribution in [0.5, 0.6) is 0 Å². The average molecular weight is 218 g/mol. The summed E-state index contributed by atoms with van der Waals surface area (Å²) in [5.74, 6) is 0. The van der Waals surface area contributed by atoms with Gasteiger partial charge in [0.1, 0.15) is 0 Å². The second kappa shape index (κ2) is 5.63. The second-order valence-corrected chi connectivity index (χ2v) is 5.09. The van der Waals surface area contributed by atoms with Crippen LogP contribution in [0.2, 0.25) is 4.34 Å². The predicted octanol–water partition coefficient (Wildman–Crippen LogP) is 3.33. The molecule has 0 spiro atoms. The van der Waals surface area contributed by atoms with E-state index in [1.165, 1.54) is 17.7 Å². The Hall–Kier alpha value is -0.0500. The number of rotatable bonds is 5. The molecule has 0 bridgehead atoms. The van der Waals surface area contributed by atoms with Gasteiger partial charge in [0.2, 0.25) is 0 Å². The van der Waals surface area contributed by atoms with Crippen molar-refractivity contribution in [2.75, 3.05) is 7.05 Å². The molecule has 13 heavy (non-hydrogen) atoms. The van der Waals surface area contributed by atoms with Gasteiger partial charge in [-0.25, -0.2) is 0 Å². The summed E-state index contributed by atoms with van der Waals surface area (Å²) in [6, 6.07) is 4.72. The van der Waals surface area contributed by atoms with Crippen LogP contribution in [-0.4, -0.2) is 13.1 Å². The molecular formula is C10H16ClNS. The molecule has 1 atom stereocenters. The Bertz CT molecular complexity index is 247. The van der Waals surface area contributed by atoms with Gasteiger partial charge in [0.05, 0.1) is 4.34 Å². The maximum atomic E-state index is 5.84. The van der Waals surface area contributed by atoms with Crippen LogP contribution < -0.4 is 5.32 Å². The Kier molecular flexibility index (Phi) is 4.78. The molecule has 74 valence electrons. The van der Waals surface area contributed by atoms with Crippen molar-refractivity contribution >= 4 is 22.9 Å². The Balaban J connectivity index is 2.20. The van der Waals surface area contributed by atoms with Crippen LogP contribution in [0.3, 0.4) is 0 Å². The number of aryl methyl sites for hydroxylation is 1. The summed E-state index contributed by atoms with van der Waals surface area (Å²) >= 11 is 7.53. The standard InChI is InChI=1S/C10H16ClNS/c1-8(12-2)4-3-5-9-6-7-10(11)13-9/h6-8,12H,3-5H2,1-2H3. The molecule has 1 heterocycles. The number of hydrogen-bond donors (Lipinski definition) is 1. The van der Waals surface area contributed by atoms with E-state index in [1.807, 2.05) is 13.1 Å². The number of halogens is 1. The van der Waals surface area contributed by atoms with Crippen molar-refractivity contribution in [2.45, 2.75) is 32.2 Å². The zero-order valence-electron chi connectivity index (χ0n) is 8.14. The average Bonchev–Trinajstić information content (AvgIpc) is 2.51. The van der Waals surface area contributed by atoms with Gasteiger partial charge in [-0.3, -0.25) is 0 Å². The van der Waals surface area contributed by atoms with Crippen molar-refractivity contribution in [3.05, 3.63) is 21.3 Å². The monoisotopic (exact) mass is 217 g/mol. The van der Waals surface area contributed by atoms with Crippen LogP contribution in [0, 0.1) is 0 Å². The SMILES string of the molecule is CNC(C)CCCc1ccc(Cl)s1. The first kappa shape index (κ1) is 11.0. The maximum absolute atomic E-state index is 5.84. The first-order valence-electron chi connectivity index (χ1n) is 4.64. The van der Waals surface area contributed by atoms with Crippen LogP contribution in [0.25, 0.3) is 0 Å². The molecule has 1 nitrogen and oxygen atoms in total. The molecule has 1 aromatic rings. The lowest BCUT2D eigenvalue weighted by molar-refractivity contribution is 0.543. The van der Waals surface area contributed by atoms with E-state index in [0.29, 0.717) is 6.04 Å². The second-order valence-electron chi connectivity index (χ2n) is 3.29. The molecule has 0 saturated heterocycles. The minimum absolute atomic E-state index is 0.621. The number of thiophene rings is 1. The Labute approximate surface area is 89.1 Å². The van der Waals surface area contributed by atoms with Gasteiger partial charge in [0.25, 0.3) is 0 Å². The molecule has 0 aliphatic carbocycles. The normalized spacial score (nSPS) is 13.2. The highest BCUT2D eigenvalue weighted by Gasteiger charge is 2.00. The van der Waals surface area contributed by atoms with E-state index in [4.69, 9.17) is 11.6 Å². The van der Waals surface area contributed by atoms with Crippen LogP contribution >= 0.6 is 22.9 Å². The fourth-order valence-corrected chi connectivity index (χ4v) is 2.34. The minimum atomic E-state index is 0.621. The van der Waals surface area contributed by atoms with E-state index in [0.717, 1.165) is 10.8 Å². The lowest BCUT2D eigenvalue weighted by atomic mass is 10.1. The fraction of sp³-hybridized carbons (Fsp3) is 0.600. The van der Waals surface area contributed by atoms with Crippen molar-refractivity contribution in [1.82, 2.24) is 5.32 Å². The van der Waals surface area contributed by atoms with Gasteiger partial charge in [-0.05, 0) is 45.4 Å². The van der Waals surface area contributed by atoms with E-state index in [-0.39, 0.29) is 0 Å². The number of nitrogens with one attached hydrogen (secondary N) is 1. The van der Waals surface area contributed by atoms with Crippen molar-refractivity contribution < 1.29 is 0 Å². The van der Waals surface area contributed by atoms with E-state index < -0.39 is 0 Å². The summed E-state index contributed by atoms with van der Waals surface area (Å²) in [6.07, 6.45) is 3.62.